The lowest BCUT2D eigenvalue weighted by atomic mass is 9.95. The first-order valence-corrected chi connectivity index (χ1v) is 6.76. The fourth-order valence-electron chi connectivity index (χ4n) is 2.06. The van der Waals surface area contributed by atoms with Gasteiger partial charge in [0.1, 0.15) is 0 Å². The minimum absolute atomic E-state index is 0.161. The Labute approximate surface area is 102 Å². The Morgan fingerprint density at radius 3 is 2.87 bits per heavy atom. The van der Waals surface area contributed by atoms with Crippen LogP contribution >= 0.6 is 27.3 Å². The Morgan fingerprint density at radius 2 is 2.40 bits per heavy atom. The summed E-state index contributed by atoms with van der Waals surface area (Å²) >= 11 is 5.15. The van der Waals surface area contributed by atoms with E-state index >= 15 is 0 Å². The quantitative estimate of drug-likeness (QED) is 0.906. The van der Waals surface area contributed by atoms with Crippen LogP contribution < -0.4 is 0 Å². The molecule has 2 nitrogen and oxygen atoms in total. The zero-order valence-corrected chi connectivity index (χ0v) is 11.3. The number of aliphatic hydroxyl groups excluding tert-OH is 1. The van der Waals surface area contributed by atoms with Gasteiger partial charge >= 0.3 is 0 Å². The number of aliphatic hydroxyl groups is 1. The summed E-state index contributed by atoms with van der Waals surface area (Å²) in [5, 5.41) is 10.3. The molecule has 0 radical (unpaired) electrons. The molecule has 15 heavy (non-hydrogen) atoms. The van der Waals surface area contributed by atoms with Crippen molar-refractivity contribution in [1.29, 1.82) is 0 Å². The van der Waals surface area contributed by atoms with Crippen molar-refractivity contribution in [1.82, 2.24) is 0 Å². The molecule has 1 N–H and O–H groups in total. The maximum Gasteiger partial charge on any atom is 0.0946 e. The van der Waals surface area contributed by atoms with Crippen molar-refractivity contribution in [2.75, 3.05) is 6.61 Å². The van der Waals surface area contributed by atoms with Gasteiger partial charge in [0.05, 0.1) is 12.2 Å². The second-order valence-corrected chi connectivity index (χ2v) is 6.18. The monoisotopic (exact) mass is 290 g/mol. The Balaban J connectivity index is 2.19. The van der Waals surface area contributed by atoms with Crippen LogP contribution in [0, 0.1) is 12.8 Å². The summed E-state index contributed by atoms with van der Waals surface area (Å²) in [6.45, 7) is 4.86. The molecule has 1 fully saturated rings. The highest BCUT2D eigenvalue weighted by Gasteiger charge is 2.33. The van der Waals surface area contributed by atoms with E-state index in [0.29, 0.717) is 0 Å². The van der Waals surface area contributed by atoms with E-state index in [4.69, 9.17) is 4.74 Å². The highest BCUT2D eigenvalue weighted by atomic mass is 79.9. The molecule has 1 aliphatic rings. The van der Waals surface area contributed by atoms with Crippen LogP contribution in [0.4, 0.5) is 0 Å². The second-order valence-electron chi connectivity index (χ2n) is 4.04. The van der Waals surface area contributed by atoms with Gasteiger partial charge in [0.25, 0.3) is 0 Å². The van der Waals surface area contributed by atoms with Crippen LogP contribution in [0.15, 0.2) is 10.5 Å². The van der Waals surface area contributed by atoms with Gasteiger partial charge in [-0.05, 0) is 42.3 Å². The molecule has 1 aliphatic heterocycles. The van der Waals surface area contributed by atoms with E-state index < -0.39 is 6.10 Å². The number of thiophene rings is 1. The first-order valence-electron chi connectivity index (χ1n) is 5.15. The summed E-state index contributed by atoms with van der Waals surface area (Å²) in [4.78, 5) is 2.26. The van der Waals surface area contributed by atoms with Crippen LogP contribution in [0.1, 0.15) is 29.2 Å². The molecule has 3 unspecified atom stereocenters. The van der Waals surface area contributed by atoms with Gasteiger partial charge in [0.15, 0.2) is 0 Å². The smallest absolute Gasteiger partial charge is 0.0946 e. The van der Waals surface area contributed by atoms with E-state index in [1.807, 2.05) is 6.92 Å². The number of halogens is 1. The van der Waals surface area contributed by atoms with Gasteiger partial charge in [-0.2, -0.15) is 0 Å². The van der Waals surface area contributed by atoms with Crippen molar-refractivity contribution in [2.45, 2.75) is 32.5 Å². The third-order valence-corrected chi connectivity index (χ3v) is 4.99. The van der Waals surface area contributed by atoms with Crippen molar-refractivity contribution in [3.63, 3.8) is 0 Å². The van der Waals surface area contributed by atoms with Gasteiger partial charge in [-0.1, -0.05) is 0 Å². The summed E-state index contributed by atoms with van der Waals surface area (Å²) in [6, 6.07) is 2.06. The third-order valence-electron chi connectivity index (χ3n) is 2.95. The lowest BCUT2D eigenvalue weighted by Gasteiger charge is -2.20. The van der Waals surface area contributed by atoms with Crippen LogP contribution in [0.5, 0.6) is 0 Å². The number of hydrogen-bond donors (Lipinski definition) is 1. The first kappa shape index (κ1) is 11.6. The summed E-state index contributed by atoms with van der Waals surface area (Å²) in [5.74, 6) is 0.236. The SMILES string of the molecule is Cc1cc(Br)c(C(O)C2CCOC2C)s1. The lowest BCUT2D eigenvalue weighted by molar-refractivity contribution is 0.0445. The van der Waals surface area contributed by atoms with E-state index in [1.54, 1.807) is 11.3 Å². The minimum atomic E-state index is -0.393. The van der Waals surface area contributed by atoms with Gasteiger partial charge in [0, 0.05) is 26.8 Å². The topological polar surface area (TPSA) is 29.5 Å². The van der Waals surface area contributed by atoms with Crippen molar-refractivity contribution in [2.24, 2.45) is 5.92 Å². The fourth-order valence-corrected chi connectivity index (χ4v) is 4.01. The first-order chi connectivity index (χ1) is 7.09. The van der Waals surface area contributed by atoms with Crippen LogP contribution in [0.3, 0.4) is 0 Å². The Hall–Kier alpha value is 0.1000. The predicted molar refractivity (Wildman–Crippen MR) is 65.2 cm³/mol. The molecule has 3 atom stereocenters. The highest BCUT2D eigenvalue weighted by Crippen LogP contribution is 2.40. The van der Waals surface area contributed by atoms with Gasteiger partial charge in [0.2, 0.25) is 0 Å². The van der Waals surface area contributed by atoms with Crippen molar-refractivity contribution >= 4 is 27.3 Å². The largest absolute Gasteiger partial charge is 0.387 e. The molecule has 2 heterocycles. The van der Waals surface area contributed by atoms with E-state index in [0.717, 1.165) is 22.4 Å². The van der Waals surface area contributed by atoms with Gasteiger partial charge in [-0.25, -0.2) is 0 Å². The Bertz CT molecular complexity index is 350. The second kappa shape index (κ2) is 4.53. The molecular formula is C11H15BrO2S. The molecule has 0 aromatic carbocycles. The zero-order chi connectivity index (χ0) is 11.0. The lowest BCUT2D eigenvalue weighted by Crippen LogP contribution is -2.19. The highest BCUT2D eigenvalue weighted by molar-refractivity contribution is 9.10. The standard InChI is InChI=1S/C11H15BrO2S/c1-6-5-9(12)11(15-6)10(13)8-3-4-14-7(8)2/h5,7-8,10,13H,3-4H2,1-2H3. The molecule has 1 aromatic heterocycles. The molecule has 1 saturated heterocycles. The fraction of sp³-hybridized carbons (Fsp3) is 0.636. The molecule has 0 aliphatic carbocycles. The predicted octanol–water partition coefficient (Wildman–Crippen LogP) is 3.28. The Morgan fingerprint density at radius 1 is 1.67 bits per heavy atom. The zero-order valence-electron chi connectivity index (χ0n) is 8.87. The maximum atomic E-state index is 10.3. The van der Waals surface area contributed by atoms with Gasteiger partial charge in [-0.15, -0.1) is 11.3 Å². The van der Waals surface area contributed by atoms with Crippen molar-refractivity contribution < 1.29 is 9.84 Å². The summed E-state index contributed by atoms with van der Waals surface area (Å²) < 4.78 is 6.51. The number of ether oxygens (including phenoxy) is 1. The van der Waals surface area contributed by atoms with E-state index in [-0.39, 0.29) is 12.0 Å². The normalized spacial score (nSPS) is 28.3. The average molecular weight is 291 g/mol. The van der Waals surface area contributed by atoms with E-state index in [1.165, 1.54) is 4.88 Å². The number of aryl methyl sites for hydroxylation is 1. The van der Waals surface area contributed by atoms with E-state index in [9.17, 15) is 5.11 Å². The van der Waals surface area contributed by atoms with Crippen LogP contribution in [0.2, 0.25) is 0 Å². The van der Waals surface area contributed by atoms with Gasteiger partial charge < -0.3 is 9.84 Å². The minimum Gasteiger partial charge on any atom is -0.387 e. The summed E-state index contributed by atoms with van der Waals surface area (Å²) in [6.07, 6.45) is 0.719. The Kier molecular flexibility index (Phi) is 3.50. The van der Waals surface area contributed by atoms with Crippen molar-refractivity contribution in [3.05, 3.63) is 20.3 Å². The molecule has 0 bridgehead atoms. The van der Waals surface area contributed by atoms with Crippen molar-refractivity contribution in [3.8, 4) is 0 Å². The summed E-state index contributed by atoms with van der Waals surface area (Å²) in [7, 11) is 0. The molecule has 1 aromatic rings. The number of rotatable bonds is 2. The molecule has 0 saturated carbocycles. The molecule has 4 heteroatoms. The molecule has 84 valence electrons. The third kappa shape index (κ3) is 2.28. The molecule has 0 amide bonds. The molecule has 0 spiro atoms. The summed E-state index contributed by atoms with van der Waals surface area (Å²) in [5.41, 5.74) is 0. The van der Waals surface area contributed by atoms with Crippen LogP contribution in [0.25, 0.3) is 0 Å². The van der Waals surface area contributed by atoms with Gasteiger partial charge in [-0.3, -0.25) is 0 Å². The average Bonchev–Trinajstić information content (AvgIpc) is 2.71. The van der Waals surface area contributed by atoms with Crippen LogP contribution in [-0.4, -0.2) is 17.8 Å². The van der Waals surface area contributed by atoms with E-state index in [2.05, 4.69) is 28.9 Å². The molecule has 2 rings (SSSR count). The maximum absolute atomic E-state index is 10.3. The molecular weight excluding hydrogens is 276 g/mol. The van der Waals surface area contributed by atoms with Crippen LogP contribution in [-0.2, 0) is 4.74 Å². The number of hydrogen-bond acceptors (Lipinski definition) is 3.